The summed E-state index contributed by atoms with van der Waals surface area (Å²) in [6.07, 6.45) is -3.82. The molecule has 2 rings (SSSR count). The van der Waals surface area contributed by atoms with Crippen LogP contribution in [0.3, 0.4) is 0 Å². The van der Waals surface area contributed by atoms with E-state index in [1.807, 2.05) is 0 Å². The maximum Gasteiger partial charge on any atom is 0.416 e. The van der Waals surface area contributed by atoms with Gasteiger partial charge in [-0.25, -0.2) is 4.79 Å². The minimum absolute atomic E-state index is 0.158. The van der Waals surface area contributed by atoms with Gasteiger partial charge in [-0.15, -0.1) is 0 Å². The Balaban J connectivity index is 1.84. The minimum Gasteiger partial charge on any atom is -0.445 e. The Labute approximate surface area is 140 Å². The highest BCUT2D eigenvalue weighted by Gasteiger charge is 2.30. The zero-order valence-corrected chi connectivity index (χ0v) is 14.0. The van der Waals surface area contributed by atoms with Crippen LogP contribution >= 0.6 is 0 Å². The van der Waals surface area contributed by atoms with Gasteiger partial charge in [0.25, 0.3) is 0 Å². The Hall–Kier alpha value is -1.76. The van der Waals surface area contributed by atoms with Crippen molar-refractivity contribution >= 4 is 6.09 Å². The summed E-state index contributed by atoms with van der Waals surface area (Å²) in [7, 11) is 0. The fourth-order valence-electron chi connectivity index (χ4n) is 2.68. The largest absolute Gasteiger partial charge is 0.445 e. The molecule has 7 heteroatoms. The average Bonchev–Trinajstić information content (AvgIpc) is 2.58. The summed E-state index contributed by atoms with van der Waals surface area (Å²) in [4.78, 5) is 16.0. The summed E-state index contributed by atoms with van der Waals surface area (Å²) < 4.78 is 43.2. The van der Waals surface area contributed by atoms with Crippen molar-refractivity contribution in [3.8, 4) is 0 Å². The molecule has 1 heterocycles. The van der Waals surface area contributed by atoms with Gasteiger partial charge in [0.2, 0.25) is 0 Å². The van der Waals surface area contributed by atoms with Crippen LogP contribution in [0.5, 0.6) is 0 Å². The van der Waals surface area contributed by atoms with E-state index in [1.54, 1.807) is 4.90 Å². The molecule has 0 saturated carbocycles. The number of carbonyl (C=O) groups is 1. The molecule has 1 unspecified atom stereocenters. The monoisotopic (exact) mass is 344 g/mol. The van der Waals surface area contributed by atoms with Gasteiger partial charge in [0.1, 0.15) is 6.61 Å². The normalized spacial score (nSPS) is 17.6. The first-order valence-electron chi connectivity index (χ1n) is 8.13. The molecule has 1 atom stereocenters. The van der Waals surface area contributed by atoms with Crippen molar-refractivity contribution in [2.24, 2.45) is 0 Å². The van der Waals surface area contributed by atoms with Gasteiger partial charge in [-0.05, 0) is 31.0 Å². The molecule has 134 valence electrons. The van der Waals surface area contributed by atoms with Crippen molar-refractivity contribution in [2.45, 2.75) is 39.1 Å². The Kier molecular flexibility index (Phi) is 6.10. The highest BCUT2D eigenvalue weighted by molar-refractivity contribution is 5.67. The van der Waals surface area contributed by atoms with Crippen LogP contribution in [0.25, 0.3) is 0 Å². The maximum atomic E-state index is 12.7. The molecular weight excluding hydrogens is 321 g/mol. The highest BCUT2D eigenvalue weighted by atomic mass is 19.4. The quantitative estimate of drug-likeness (QED) is 0.834. The van der Waals surface area contributed by atoms with Crippen molar-refractivity contribution in [2.75, 3.05) is 26.2 Å². The molecule has 1 aliphatic rings. The summed E-state index contributed by atoms with van der Waals surface area (Å²) in [6.45, 7) is 6.84. The number of benzene rings is 1. The Bertz CT molecular complexity index is 555. The lowest BCUT2D eigenvalue weighted by Gasteiger charge is -2.37. The van der Waals surface area contributed by atoms with Gasteiger partial charge in [0, 0.05) is 32.2 Å². The van der Waals surface area contributed by atoms with Gasteiger partial charge in [0.05, 0.1) is 5.56 Å². The van der Waals surface area contributed by atoms with Crippen LogP contribution in [-0.2, 0) is 17.5 Å². The molecule has 1 aliphatic heterocycles. The van der Waals surface area contributed by atoms with Crippen molar-refractivity contribution < 1.29 is 22.7 Å². The summed E-state index contributed by atoms with van der Waals surface area (Å²) in [5.74, 6) is 0. The van der Waals surface area contributed by atoms with Crippen LogP contribution in [0.2, 0.25) is 0 Å². The Morgan fingerprint density at radius 3 is 2.50 bits per heavy atom. The minimum atomic E-state index is -4.40. The van der Waals surface area contributed by atoms with E-state index in [1.165, 1.54) is 12.1 Å². The lowest BCUT2D eigenvalue weighted by Crippen LogP contribution is -2.51. The molecule has 4 nitrogen and oxygen atoms in total. The number of amides is 1. The Morgan fingerprint density at radius 1 is 1.25 bits per heavy atom. The second-order valence-electron chi connectivity index (χ2n) is 6.03. The second-order valence-corrected chi connectivity index (χ2v) is 6.03. The lowest BCUT2D eigenvalue weighted by molar-refractivity contribution is -0.137. The molecule has 1 amide bonds. The van der Waals surface area contributed by atoms with Crippen molar-refractivity contribution in [3.05, 3.63) is 35.4 Å². The van der Waals surface area contributed by atoms with Crippen molar-refractivity contribution in [1.82, 2.24) is 9.80 Å². The van der Waals surface area contributed by atoms with Crippen LogP contribution in [-0.4, -0.2) is 48.1 Å². The van der Waals surface area contributed by atoms with Crippen molar-refractivity contribution in [3.63, 3.8) is 0 Å². The van der Waals surface area contributed by atoms with Gasteiger partial charge in [0.15, 0.2) is 0 Å². The van der Waals surface area contributed by atoms with E-state index in [0.29, 0.717) is 24.7 Å². The standard InChI is InChI=1S/C17H23F3N2O2/c1-3-13(2)21-7-9-22(10-8-21)16(23)24-12-14-5-4-6-15(11-14)17(18,19)20/h4-6,11,13H,3,7-10,12H2,1-2H3. The number of alkyl halides is 3. The predicted molar refractivity (Wildman–Crippen MR) is 84.5 cm³/mol. The number of hydrogen-bond acceptors (Lipinski definition) is 3. The number of halogens is 3. The smallest absolute Gasteiger partial charge is 0.416 e. The van der Waals surface area contributed by atoms with Gasteiger partial charge < -0.3 is 9.64 Å². The molecule has 0 spiro atoms. The highest BCUT2D eigenvalue weighted by Crippen LogP contribution is 2.29. The molecule has 1 aromatic carbocycles. The summed E-state index contributed by atoms with van der Waals surface area (Å²) in [6, 6.07) is 5.32. The van der Waals surface area contributed by atoms with Gasteiger partial charge in [-0.1, -0.05) is 19.1 Å². The lowest BCUT2D eigenvalue weighted by atomic mass is 10.1. The molecule has 0 aromatic heterocycles. The zero-order chi connectivity index (χ0) is 17.7. The van der Waals surface area contributed by atoms with E-state index in [4.69, 9.17) is 4.74 Å². The van der Waals surface area contributed by atoms with E-state index in [9.17, 15) is 18.0 Å². The molecular formula is C17H23F3N2O2. The molecule has 1 aromatic rings. The van der Waals surface area contributed by atoms with Gasteiger partial charge >= 0.3 is 12.3 Å². The van der Waals surface area contributed by atoms with E-state index >= 15 is 0 Å². The van der Waals surface area contributed by atoms with Crippen molar-refractivity contribution in [1.29, 1.82) is 0 Å². The molecule has 0 bridgehead atoms. The van der Waals surface area contributed by atoms with Crippen LogP contribution in [0.1, 0.15) is 31.4 Å². The topological polar surface area (TPSA) is 32.8 Å². The molecule has 1 saturated heterocycles. The first kappa shape index (κ1) is 18.6. The number of piperazine rings is 1. The third-order valence-corrected chi connectivity index (χ3v) is 4.40. The summed E-state index contributed by atoms with van der Waals surface area (Å²) >= 11 is 0. The van der Waals surface area contributed by atoms with Crippen LogP contribution in [0, 0.1) is 0 Å². The van der Waals surface area contributed by atoms with E-state index in [0.717, 1.165) is 31.6 Å². The molecule has 1 fully saturated rings. The number of ether oxygens (including phenoxy) is 1. The molecule has 24 heavy (non-hydrogen) atoms. The maximum absolute atomic E-state index is 12.7. The van der Waals surface area contributed by atoms with E-state index in [2.05, 4.69) is 18.7 Å². The van der Waals surface area contributed by atoms with Crippen LogP contribution in [0.15, 0.2) is 24.3 Å². The number of nitrogens with zero attached hydrogens (tertiary/aromatic N) is 2. The molecule has 0 aliphatic carbocycles. The van der Waals surface area contributed by atoms with Gasteiger partial charge in [-0.3, -0.25) is 4.90 Å². The summed E-state index contributed by atoms with van der Waals surface area (Å²) in [5.41, 5.74) is -0.408. The second kappa shape index (κ2) is 7.88. The third-order valence-electron chi connectivity index (χ3n) is 4.40. The predicted octanol–water partition coefficient (Wildman–Crippen LogP) is 3.76. The average molecular weight is 344 g/mol. The summed E-state index contributed by atoms with van der Waals surface area (Å²) in [5, 5.41) is 0. The molecule has 0 N–H and O–H groups in total. The fourth-order valence-corrected chi connectivity index (χ4v) is 2.68. The van der Waals surface area contributed by atoms with E-state index in [-0.39, 0.29) is 6.61 Å². The number of carbonyl (C=O) groups excluding carboxylic acids is 1. The fraction of sp³-hybridized carbons (Fsp3) is 0.588. The first-order valence-corrected chi connectivity index (χ1v) is 8.13. The number of rotatable bonds is 4. The van der Waals surface area contributed by atoms with Gasteiger partial charge in [-0.2, -0.15) is 13.2 Å². The first-order chi connectivity index (χ1) is 11.3. The SMILES string of the molecule is CCC(C)N1CCN(C(=O)OCc2cccc(C(F)(F)F)c2)CC1. The van der Waals surface area contributed by atoms with Crippen LogP contribution in [0.4, 0.5) is 18.0 Å². The third kappa shape index (κ3) is 4.87. The van der Waals surface area contributed by atoms with E-state index < -0.39 is 17.8 Å². The Morgan fingerprint density at radius 2 is 1.92 bits per heavy atom. The zero-order valence-electron chi connectivity index (χ0n) is 14.0. The number of hydrogen-bond donors (Lipinski definition) is 0. The van der Waals surface area contributed by atoms with Crippen LogP contribution < -0.4 is 0 Å². The molecule has 0 radical (unpaired) electrons.